The third kappa shape index (κ3) is 3.00. The van der Waals surface area contributed by atoms with Crippen LogP contribution in [-0.2, 0) is 6.54 Å². The van der Waals surface area contributed by atoms with Crippen LogP contribution in [0.15, 0.2) is 51.9 Å². The number of nitrogens with zero attached hydrogens (tertiary/aromatic N) is 2. The van der Waals surface area contributed by atoms with Gasteiger partial charge in [-0.2, -0.15) is 4.40 Å². The monoisotopic (exact) mass is 290 g/mol. The number of benzene rings is 1. The minimum absolute atomic E-state index is 0.628. The molecule has 1 aromatic carbocycles. The first-order chi connectivity index (χ1) is 9.31. The Hall–Kier alpha value is -1.72. The van der Waals surface area contributed by atoms with E-state index in [4.69, 9.17) is 11.6 Å². The number of anilines is 1. The molecule has 0 atom stereocenters. The van der Waals surface area contributed by atoms with Crippen LogP contribution in [0.2, 0.25) is 5.02 Å². The molecule has 0 aliphatic carbocycles. The number of nitrogens with one attached hydrogen (secondary N) is 2. The summed E-state index contributed by atoms with van der Waals surface area (Å²) in [6.45, 7) is 0.628. The minimum Gasteiger partial charge on any atom is -0.350 e. The van der Waals surface area contributed by atoms with Gasteiger partial charge in [0.2, 0.25) is 5.96 Å². The van der Waals surface area contributed by atoms with Gasteiger partial charge in [-0.1, -0.05) is 17.7 Å². The maximum Gasteiger partial charge on any atom is 0.208 e. The van der Waals surface area contributed by atoms with E-state index in [0.29, 0.717) is 17.5 Å². The number of pyridine rings is 1. The van der Waals surface area contributed by atoms with Crippen molar-refractivity contribution in [1.82, 2.24) is 10.3 Å². The van der Waals surface area contributed by atoms with E-state index in [0.717, 1.165) is 16.3 Å². The van der Waals surface area contributed by atoms with Crippen molar-refractivity contribution in [2.45, 2.75) is 11.4 Å². The van der Waals surface area contributed by atoms with Crippen LogP contribution in [-0.4, -0.2) is 10.9 Å². The topological polar surface area (TPSA) is 49.3 Å². The fourth-order valence-corrected chi connectivity index (χ4v) is 2.49. The molecule has 1 aliphatic heterocycles. The van der Waals surface area contributed by atoms with Crippen molar-refractivity contribution in [2.75, 3.05) is 5.32 Å². The van der Waals surface area contributed by atoms with Crippen LogP contribution >= 0.6 is 23.5 Å². The predicted octanol–water partition coefficient (Wildman–Crippen LogP) is 3.31. The minimum atomic E-state index is 0.628. The van der Waals surface area contributed by atoms with Gasteiger partial charge in [0, 0.05) is 23.2 Å². The van der Waals surface area contributed by atoms with Crippen molar-refractivity contribution in [3.8, 4) is 0 Å². The first kappa shape index (κ1) is 12.3. The highest BCUT2D eigenvalue weighted by Gasteiger charge is 2.12. The normalized spacial score (nSPS) is 13.2. The molecule has 0 spiro atoms. The fraction of sp³-hybridized carbons (Fsp3) is 0.0769. The van der Waals surface area contributed by atoms with Gasteiger partial charge in [-0.05, 0) is 30.3 Å². The van der Waals surface area contributed by atoms with Crippen molar-refractivity contribution >= 4 is 35.2 Å². The number of hydrogen-bond acceptors (Lipinski definition) is 5. The lowest BCUT2D eigenvalue weighted by Gasteiger charge is -2.18. The summed E-state index contributed by atoms with van der Waals surface area (Å²) in [5, 5.41) is 7.13. The van der Waals surface area contributed by atoms with Crippen molar-refractivity contribution < 1.29 is 0 Å². The fourth-order valence-electron chi connectivity index (χ4n) is 1.68. The van der Waals surface area contributed by atoms with Crippen LogP contribution in [0.3, 0.4) is 0 Å². The standard InChI is InChI=1S/C13H11ClN4S/c14-9-4-5-12-11(7-9)17-13(18-19-12)16-8-10-3-1-2-6-15-10/h1-7H,8H2,(H2,16,17,18). The first-order valence-corrected chi connectivity index (χ1v) is 6.92. The molecule has 0 fully saturated rings. The van der Waals surface area contributed by atoms with E-state index in [1.165, 1.54) is 11.9 Å². The van der Waals surface area contributed by atoms with Gasteiger partial charge >= 0.3 is 0 Å². The van der Waals surface area contributed by atoms with E-state index in [9.17, 15) is 0 Å². The van der Waals surface area contributed by atoms with Gasteiger partial charge in [0.15, 0.2) is 0 Å². The summed E-state index contributed by atoms with van der Waals surface area (Å²) in [6, 6.07) is 11.5. The SMILES string of the molecule is Clc1ccc2c(c1)NC(NCc1ccccn1)=NS2. The first-order valence-electron chi connectivity index (χ1n) is 5.76. The zero-order valence-electron chi connectivity index (χ0n) is 9.93. The molecular weight excluding hydrogens is 280 g/mol. The highest BCUT2D eigenvalue weighted by molar-refractivity contribution is 7.98. The summed E-state index contributed by atoms with van der Waals surface area (Å²) in [7, 11) is 0. The maximum absolute atomic E-state index is 5.98. The number of hydrogen-bond donors (Lipinski definition) is 2. The molecule has 2 heterocycles. The Balaban J connectivity index is 1.66. The number of rotatable bonds is 2. The molecule has 0 saturated heterocycles. The number of guanidine groups is 1. The summed E-state index contributed by atoms with van der Waals surface area (Å²) >= 11 is 7.40. The quantitative estimate of drug-likeness (QED) is 0.833. The third-order valence-electron chi connectivity index (χ3n) is 2.59. The Kier molecular flexibility index (Phi) is 3.57. The Morgan fingerprint density at radius 2 is 2.21 bits per heavy atom. The molecule has 2 N–H and O–H groups in total. The van der Waals surface area contributed by atoms with E-state index in [2.05, 4.69) is 20.0 Å². The van der Waals surface area contributed by atoms with Gasteiger partial charge in [-0.25, -0.2) is 0 Å². The maximum atomic E-state index is 5.98. The van der Waals surface area contributed by atoms with Gasteiger partial charge in [0.05, 0.1) is 22.8 Å². The Labute approximate surface area is 120 Å². The molecule has 1 aliphatic rings. The van der Waals surface area contributed by atoms with E-state index in [-0.39, 0.29) is 0 Å². The average Bonchev–Trinajstić information content (AvgIpc) is 2.46. The van der Waals surface area contributed by atoms with Crippen molar-refractivity contribution in [3.05, 3.63) is 53.3 Å². The molecule has 4 nitrogen and oxygen atoms in total. The van der Waals surface area contributed by atoms with Crippen LogP contribution in [0.4, 0.5) is 5.69 Å². The molecule has 3 rings (SSSR count). The molecule has 0 bridgehead atoms. The third-order valence-corrected chi connectivity index (χ3v) is 3.65. The zero-order valence-corrected chi connectivity index (χ0v) is 11.5. The summed E-state index contributed by atoms with van der Waals surface area (Å²) < 4.78 is 4.36. The van der Waals surface area contributed by atoms with Gasteiger partial charge in [0.25, 0.3) is 0 Å². The molecule has 1 aromatic heterocycles. The molecule has 0 amide bonds. The molecular formula is C13H11ClN4S. The summed E-state index contributed by atoms with van der Waals surface area (Å²) in [5.41, 5.74) is 1.94. The highest BCUT2D eigenvalue weighted by atomic mass is 35.5. The second-order valence-corrected chi connectivity index (χ2v) is 5.21. The van der Waals surface area contributed by atoms with Crippen molar-refractivity contribution in [2.24, 2.45) is 4.40 Å². The van der Waals surface area contributed by atoms with Gasteiger partial charge in [-0.3, -0.25) is 4.98 Å². The van der Waals surface area contributed by atoms with Crippen LogP contribution < -0.4 is 10.6 Å². The number of fused-ring (bicyclic) bond motifs is 1. The lowest BCUT2D eigenvalue weighted by molar-refractivity contribution is 0.872. The zero-order chi connectivity index (χ0) is 13.1. The Morgan fingerprint density at radius 3 is 3.05 bits per heavy atom. The predicted molar refractivity (Wildman–Crippen MR) is 79.4 cm³/mol. The Morgan fingerprint density at radius 1 is 1.26 bits per heavy atom. The van der Waals surface area contributed by atoms with Gasteiger partial charge < -0.3 is 10.6 Å². The van der Waals surface area contributed by atoms with Gasteiger partial charge in [-0.15, -0.1) is 0 Å². The highest BCUT2D eigenvalue weighted by Crippen LogP contribution is 2.33. The average molecular weight is 291 g/mol. The van der Waals surface area contributed by atoms with E-state index < -0.39 is 0 Å². The van der Waals surface area contributed by atoms with E-state index >= 15 is 0 Å². The van der Waals surface area contributed by atoms with E-state index in [1.807, 2.05) is 36.4 Å². The van der Waals surface area contributed by atoms with E-state index in [1.54, 1.807) is 6.20 Å². The second kappa shape index (κ2) is 5.50. The lowest BCUT2D eigenvalue weighted by Crippen LogP contribution is -2.31. The molecule has 6 heteroatoms. The second-order valence-electron chi connectivity index (χ2n) is 3.97. The van der Waals surface area contributed by atoms with Gasteiger partial charge in [0.1, 0.15) is 0 Å². The Bertz CT molecular complexity index is 615. The molecule has 19 heavy (non-hydrogen) atoms. The summed E-state index contributed by atoms with van der Waals surface area (Å²) in [6.07, 6.45) is 1.77. The van der Waals surface area contributed by atoms with Crippen LogP contribution in [0, 0.1) is 0 Å². The molecule has 96 valence electrons. The molecule has 0 saturated carbocycles. The van der Waals surface area contributed by atoms with Crippen LogP contribution in [0.1, 0.15) is 5.69 Å². The van der Waals surface area contributed by atoms with Crippen LogP contribution in [0.5, 0.6) is 0 Å². The molecule has 0 radical (unpaired) electrons. The van der Waals surface area contributed by atoms with Crippen LogP contribution in [0.25, 0.3) is 0 Å². The number of halogens is 1. The summed E-state index contributed by atoms with van der Waals surface area (Å²) in [5.74, 6) is 0.713. The summed E-state index contributed by atoms with van der Waals surface area (Å²) in [4.78, 5) is 5.31. The number of aromatic nitrogens is 1. The largest absolute Gasteiger partial charge is 0.350 e. The van der Waals surface area contributed by atoms with Crippen molar-refractivity contribution in [3.63, 3.8) is 0 Å². The smallest absolute Gasteiger partial charge is 0.208 e. The lowest BCUT2D eigenvalue weighted by atomic mass is 10.3. The van der Waals surface area contributed by atoms with Crippen molar-refractivity contribution in [1.29, 1.82) is 0 Å². The molecule has 0 unspecified atom stereocenters. The molecule has 2 aromatic rings.